The molecule has 1 spiro atoms. The van der Waals surface area contributed by atoms with Crippen molar-refractivity contribution in [2.24, 2.45) is 11.3 Å². The van der Waals surface area contributed by atoms with Crippen LogP contribution in [0, 0.1) is 11.3 Å². The predicted octanol–water partition coefficient (Wildman–Crippen LogP) is 2.59. The third-order valence-electron chi connectivity index (χ3n) is 5.36. The van der Waals surface area contributed by atoms with Crippen molar-refractivity contribution in [2.45, 2.75) is 51.4 Å². The topological polar surface area (TPSA) is 57.6 Å². The summed E-state index contributed by atoms with van der Waals surface area (Å²) in [5.74, 6) is -0.571. The zero-order valence-electron chi connectivity index (χ0n) is 11.9. The van der Waals surface area contributed by atoms with Gasteiger partial charge in [0.15, 0.2) is 0 Å². The van der Waals surface area contributed by atoms with Gasteiger partial charge in [0.2, 0.25) is 5.91 Å². The summed E-state index contributed by atoms with van der Waals surface area (Å²) in [6, 6.07) is 0. The highest BCUT2D eigenvalue weighted by atomic mass is 16.4. The standard InChI is InChI=1S/C16H23NO3/c18-14(10-12-4-2-1-3-5-12)17-8-6-16(7-9-17)11-13(16)15(19)20/h4,13H,1-3,5-11H2,(H,19,20)/t13-/m1/s1. The van der Waals surface area contributed by atoms with Gasteiger partial charge in [0.05, 0.1) is 5.92 Å². The van der Waals surface area contributed by atoms with Crippen LogP contribution in [0.1, 0.15) is 51.4 Å². The number of carboxylic acid groups (broad SMARTS) is 1. The smallest absolute Gasteiger partial charge is 0.307 e. The number of likely N-dealkylation sites (tertiary alicyclic amines) is 1. The molecule has 1 saturated carbocycles. The minimum Gasteiger partial charge on any atom is -0.481 e. The van der Waals surface area contributed by atoms with E-state index < -0.39 is 5.97 Å². The number of carboxylic acids is 1. The molecule has 0 aromatic carbocycles. The van der Waals surface area contributed by atoms with Gasteiger partial charge in [0.25, 0.3) is 0 Å². The average molecular weight is 277 g/mol. The molecule has 1 atom stereocenters. The average Bonchev–Trinajstić information content (AvgIpc) is 3.15. The fourth-order valence-electron chi connectivity index (χ4n) is 3.82. The maximum Gasteiger partial charge on any atom is 0.307 e. The molecule has 20 heavy (non-hydrogen) atoms. The first-order chi connectivity index (χ1) is 9.61. The summed E-state index contributed by atoms with van der Waals surface area (Å²) in [4.78, 5) is 25.2. The van der Waals surface area contributed by atoms with E-state index in [4.69, 9.17) is 5.11 Å². The second-order valence-electron chi connectivity index (χ2n) is 6.62. The number of carbonyl (C=O) groups is 2. The van der Waals surface area contributed by atoms with Crippen LogP contribution in [-0.4, -0.2) is 35.0 Å². The van der Waals surface area contributed by atoms with Gasteiger partial charge in [0, 0.05) is 19.5 Å². The SMILES string of the molecule is O=C(O)[C@H]1CC12CCN(C(=O)CC1=CCCCC1)CC2. The number of piperidine rings is 1. The first-order valence-electron chi connectivity index (χ1n) is 7.79. The Hall–Kier alpha value is -1.32. The summed E-state index contributed by atoms with van der Waals surface area (Å²) < 4.78 is 0. The molecule has 0 bridgehead atoms. The zero-order chi connectivity index (χ0) is 14.2. The molecule has 110 valence electrons. The Bertz CT molecular complexity index is 447. The molecule has 4 heteroatoms. The molecule has 1 aliphatic heterocycles. The third-order valence-corrected chi connectivity index (χ3v) is 5.36. The number of allylic oxidation sites excluding steroid dienone is 1. The van der Waals surface area contributed by atoms with E-state index in [1.165, 1.54) is 18.4 Å². The number of nitrogens with zero attached hydrogens (tertiary/aromatic N) is 1. The summed E-state index contributed by atoms with van der Waals surface area (Å²) in [7, 11) is 0. The number of amides is 1. The number of hydrogen-bond acceptors (Lipinski definition) is 2. The van der Waals surface area contributed by atoms with Crippen LogP contribution in [0.2, 0.25) is 0 Å². The normalized spacial score (nSPS) is 28.1. The highest BCUT2D eigenvalue weighted by Gasteiger charge is 2.59. The molecule has 1 saturated heterocycles. The van der Waals surface area contributed by atoms with Gasteiger partial charge < -0.3 is 10.0 Å². The quantitative estimate of drug-likeness (QED) is 0.807. The van der Waals surface area contributed by atoms with Crippen molar-refractivity contribution in [3.63, 3.8) is 0 Å². The lowest BCUT2D eigenvalue weighted by Crippen LogP contribution is -2.40. The highest BCUT2D eigenvalue weighted by molar-refractivity contribution is 5.79. The number of aliphatic carboxylic acids is 1. The van der Waals surface area contributed by atoms with Crippen molar-refractivity contribution in [1.82, 2.24) is 4.90 Å². The van der Waals surface area contributed by atoms with Crippen molar-refractivity contribution < 1.29 is 14.7 Å². The Labute approximate surface area is 119 Å². The van der Waals surface area contributed by atoms with Crippen molar-refractivity contribution in [3.8, 4) is 0 Å². The molecule has 2 fully saturated rings. The summed E-state index contributed by atoms with van der Waals surface area (Å²) in [6.07, 6.45) is 10.0. The number of rotatable bonds is 3. The summed E-state index contributed by atoms with van der Waals surface area (Å²) in [5.41, 5.74) is 1.32. The largest absolute Gasteiger partial charge is 0.481 e. The minimum atomic E-state index is -0.655. The lowest BCUT2D eigenvalue weighted by Gasteiger charge is -2.33. The Kier molecular flexibility index (Phi) is 3.57. The van der Waals surface area contributed by atoms with Crippen LogP contribution in [0.3, 0.4) is 0 Å². The summed E-state index contributed by atoms with van der Waals surface area (Å²) >= 11 is 0. The van der Waals surface area contributed by atoms with Crippen LogP contribution in [0.15, 0.2) is 11.6 Å². The van der Waals surface area contributed by atoms with Gasteiger partial charge in [0.1, 0.15) is 0 Å². The van der Waals surface area contributed by atoms with Crippen molar-refractivity contribution in [2.75, 3.05) is 13.1 Å². The van der Waals surface area contributed by atoms with Crippen molar-refractivity contribution in [1.29, 1.82) is 0 Å². The molecule has 0 aromatic rings. The molecule has 0 unspecified atom stereocenters. The number of carbonyl (C=O) groups excluding carboxylic acids is 1. The van der Waals surface area contributed by atoms with E-state index in [0.29, 0.717) is 6.42 Å². The fraction of sp³-hybridized carbons (Fsp3) is 0.750. The molecule has 0 radical (unpaired) electrons. The van der Waals surface area contributed by atoms with Crippen molar-refractivity contribution in [3.05, 3.63) is 11.6 Å². The highest BCUT2D eigenvalue weighted by Crippen LogP contribution is 2.59. The minimum absolute atomic E-state index is 0.0206. The van der Waals surface area contributed by atoms with E-state index in [9.17, 15) is 9.59 Å². The molecular weight excluding hydrogens is 254 g/mol. The summed E-state index contributed by atoms with van der Waals surface area (Å²) in [6.45, 7) is 1.49. The van der Waals surface area contributed by atoms with Gasteiger partial charge in [-0.05, 0) is 50.4 Å². The van der Waals surface area contributed by atoms with Gasteiger partial charge in [-0.25, -0.2) is 0 Å². The lowest BCUT2D eigenvalue weighted by molar-refractivity contribution is -0.139. The Morgan fingerprint density at radius 3 is 2.60 bits per heavy atom. The molecule has 3 aliphatic rings. The first kappa shape index (κ1) is 13.7. The Morgan fingerprint density at radius 2 is 2.05 bits per heavy atom. The van der Waals surface area contributed by atoms with E-state index in [1.54, 1.807) is 0 Å². The predicted molar refractivity (Wildman–Crippen MR) is 75.2 cm³/mol. The molecular formula is C16H23NO3. The molecule has 3 rings (SSSR count). The van der Waals surface area contributed by atoms with Gasteiger partial charge in [-0.3, -0.25) is 9.59 Å². The third kappa shape index (κ3) is 2.60. The second-order valence-corrected chi connectivity index (χ2v) is 6.62. The van der Waals surface area contributed by atoms with E-state index in [-0.39, 0.29) is 17.2 Å². The van der Waals surface area contributed by atoms with Crippen LogP contribution in [-0.2, 0) is 9.59 Å². The van der Waals surface area contributed by atoms with E-state index >= 15 is 0 Å². The molecule has 0 aromatic heterocycles. The van der Waals surface area contributed by atoms with Crippen LogP contribution in [0.25, 0.3) is 0 Å². The number of hydrogen-bond donors (Lipinski definition) is 1. The van der Waals surface area contributed by atoms with Crippen LogP contribution in [0.5, 0.6) is 0 Å². The molecule has 1 amide bonds. The molecule has 1 heterocycles. The van der Waals surface area contributed by atoms with Gasteiger partial charge in [-0.2, -0.15) is 0 Å². The molecule has 4 nitrogen and oxygen atoms in total. The zero-order valence-corrected chi connectivity index (χ0v) is 11.9. The first-order valence-corrected chi connectivity index (χ1v) is 7.79. The maximum absolute atomic E-state index is 12.3. The van der Waals surface area contributed by atoms with E-state index in [0.717, 1.165) is 45.2 Å². The van der Waals surface area contributed by atoms with Crippen molar-refractivity contribution >= 4 is 11.9 Å². The van der Waals surface area contributed by atoms with E-state index in [1.807, 2.05) is 4.90 Å². The van der Waals surface area contributed by atoms with Gasteiger partial charge >= 0.3 is 5.97 Å². The second kappa shape index (κ2) is 5.23. The Morgan fingerprint density at radius 1 is 1.30 bits per heavy atom. The van der Waals surface area contributed by atoms with Gasteiger partial charge in [-0.15, -0.1) is 0 Å². The summed E-state index contributed by atoms with van der Waals surface area (Å²) in [5, 5.41) is 9.07. The van der Waals surface area contributed by atoms with Crippen LogP contribution in [0.4, 0.5) is 0 Å². The van der Waals surface area contributed by atoms with Gasteiger partial charge in [-0.1, -0.05) is 11.6 Å². The van der Waals surface area contributed by atoms with Crippen LogP contribution < -0.4 is 0 Å². The van der Waals surface area contributed by atoms with Crippen LogP contribution >= 0.6 is 0 Å². The van der Waals surface area contributed by atoms with E-state index in [2.05, 4.69) is 6.08 Å². The Balaban J connectivity index is 1.50. The fourth-order valence-corrected chi connectivity index (χ4v) is 3.82. The molecule has 1 N–H and O–H groups in total. The maximum atomic E-state index is 12.3. The monoisotopic (exact) mass is 277 g/mol. The lowest BCUT2D eigenvalue weighted by atomic mass is 9.90. The molecule has 2 aliphatic carbocycles.